The lowest BCUT2D eigenvalue weighted by atomic mass is 10.1. The molecule has 2 rings (SSSR count). The summed E-state index contributed by atoms with van der Waals surface area (Å²) in [7, 11) is 0. The van der Waals surface area contributed by atoms with E-state index in [1.807, 2.05) is 12.3 Å². The van der Waals surface area contributed by atoms with Gasteiger partial charge in [-0.2, -0.15) is 5.10 Å². The van der Waals surface area contributed by atoms with E-state index in [4.69, 9.17) is 10.5 Å². The number of aryl methyl sites for hydroxylation is 1. The van der Waals surface area contributed by atoms with Crippen molar-refractivity contribution in [2.75, 3.05) is 6.61 Å². The molecule has 7 nitrogen and oxygen atoms in total. The summed E-state index contributed by atoms with van der Waals surface area (Å²) >= 11 is 1.56. The number of nitrogens with two attached hydrogens (primary N) is 1. The maximum atomic E-state index is 11.8. The Morgan fingerprint density at radius 3 is 2.70 bits per heavy atom. The lowest BCUT2D eigenvalue weighted by molar-refractivity contribution is 0.0518. The van der Waals surface area contributed by atoms with E-state index in [0.717, 1.165) is 12.1 Å². The van der Waals surface area contributed by atoms with E-state index in [9.17, 15) is 15.0 Å². The predicted octanol–water partition coefficient (Wildman–Crippen LogP) is 3.25. The van der Waals surface area contributed by atoms with Crippen LogP contribution in [0.1, 0.15) is 42.0 Å². The van der Waals surface area contributed by atoms with Crippen LogP contribution < -0.4 is 5.73 Å². The van der Waals surface area contributed by atoms with Crippen LogP contribution in [0.4, 0.5) is 0 Å². The Labute approximate surface area is 162 Å². The average molecular weight is 391 g/mol. The highest BCUT2D eigenvalue weighted by Crippen LogP contribution is 2.28. The largest absolute Gasteiger partial charge is 0.504 e. The van der Waals surface area contributed by atoms with E-state index in [0.29, 0.717) is 30.1 Å². The molecule has 1 heterocycles. The molecular weight excluding hydrogens is 366 g/mol. The molecule has 0 aliphatic rings. The molecule has 2 aromatic rings. The molecule has 0 fully saturated rings. The molecule has 1 aromatic heterocycles. The van der Waals surface area contributed by atoms with Crippen LogP contribution in [0.25, 0.3) is 5.70 Å². The highest BCUT2D eigenvalue weighted by atomic mass is 32.2. The first-order valence-electron chi connectivity index (χ1n) is 8.70. The number of aromatic nitrogens is 2. The van der Waals surface area contributed by atoms with Crippen molar-refractivity contribution in [3.63, 3.8) is 0 Å². The molecule has 0 aliphatic carbocycles. The molecule has 146 valence electrons. The Bertz CT molecular complexity index is 832. The number of phenols is 2. The highest BCUT2D eigenvalue weighted by Gasteiger charge is 2.16. The first-order valence-corrected chi connectivity index (χ1v) is 9.65. The summed E-state index contributed by atoms with van der Waals surface area (Å²) in [6.45, 7) is 6.66. The van der Waals surface area contributed by atoms with Gasteiger partial charge in [0, 0.05) is 22.2 Å². The minimum atomic E-state index is -0.420. The molecule has 8 heteroatoms. The first-order chi connectivity index (χ1) is 12.8. The van der Waals surface area contributed by atoms with Crippen molar-refractivity contribution in [2.24, 2.45) is 5.73 Å². The van der Waals surface area contributed by atoms with E-state index in [1.165, 1.54) is 12.1 Å². The van der Waals surface area contributed by atoms with Gasteiger partial charge >= 0.3 is 5.97 Å². The van der Waals surface area contributed by atoms with Gasteiger partial charge in [0.25, 0.3) is 0 Å². The maximum absolute atomic E-state index is 11.8. The normalized spacial score (nSPS) is 12.8. The summed E-state index contributed by atoms with van der Waals surface area (Å²) in [5.41, 5.74) is 8.41. The number of rotatable bonds is 8. The second-order valence-electron chi connectivity index (χ2n) is 6.02. The number of hydrogen-bond acceptors (Lipinski definition) is 7. The lowest BCUT2D eigenvalue weighted by Gasteiger charge is -2.14. The molecule has 0 radical (unpaired) electrons. The summed E-state index contributed by atoms with van der Waals surface area (Å²) in [5.74, 6) is -0.812. The monoisotopic (exact) mass is 391 g/mol. The molecule has 27 heavy (non-hydrogen) atoms. The molecule has 0 saturated heterocycles. The maximum Gasteiger partial charge on any atom is 0.358 e. The van der Waals surface area contributed by atoms with Crippen LogP contribution >= 0.6 is 11.8 Å². The zero-order valence-electron chi connectivity index (χ0n) is 15.7. The van der Waals surface area contributed by atoms with Gasteiger partial charge < -0.3 is 20.7 Å². The Morgan fingerprint density at radius 1 is 1.33 bits per heavy atom. The van der Waals surface area contributed by atoms with Gasteiger partial charge in [-0.3, -0.25) is 4.68 Å². The van der Waals surface area contributed by atoms with Crippen LogP contribution in [0.3, 0.4) is 0 Å². The van der Waals surface area contributed by atoms with Gasteiger partial charge in [0.1, 0.15) is 0 Å². The number of ether oxygens (including phenoxy) is 1. The van der Waals surface area contributed by atoms with Gasteiger partial charge in [-0.25, -0.2) is 4.79 Å². The second-order valence-corrected chi connectivity index (χ2v) is 7.19. The topological polar surface area (TPSA) is 111 Å². The summed E-state index contributed by atoms with van der Waals surface area (Å²) in [6.07, 6.45) is 0.878. The highest BCUT2D eigenvalue weighted by molar-refractivity contribution is 8.02. The van der Waals surface area contributed by atoms with Gasteiger partial charge in [-0.05, 0) is 49.9 Å². The van der Waals surface area contributed by atoms with Crippen LogP contribution in [0, 0.1) is 6.92 Å². The molecule has 0 saturated carbocycles. The van der Waals surface area contributed by atoms with Crippen molar-refractivity contribution >= 4 is 23.4 Å². The number of hydrogen-bond donors (Lipinski definition) is 3. The van der Waals surface area contributed by atoms with Crippen molar-refractivity contribution in [3.05, 3.63) is 46.6 Å². The fraction of sp³-hybridized carbons (Fsp3) is 0.368. The number of esters is 1. The molecular formula is C19H25N3O4S. The van der Waals surface area contributed by atoms with Gasteiger partial charge in [-0.15, -0.1) is 11.8 Å². The van der Waals surface area contributed by atoms with E-state index in [1.54, 1.807) is 35.5 Å². The van der Waals surface area contributed by atoms with Crippen molar-refractivity contribution in [1.29, 1.82) is 0 Å². The minimum Gasteiger partial charge on any atom is -0.504 e. The zero-order chi connectivity index (χ0) is 20.0. The average Bonchev–Trinajstić information content (AvgIpc) is 3.01. The van der Waals surface area contributed by atoms with Crippen molar-refractivity contribution in [1.82, 2.24) is 9.78 Å². The molecule has 1 aromatic carbocycles. The third kappa shape index (κ3) is 5.43. The SMILES string of the molecule is CCOC(=O)c1cc(C)n(CC(CC)S/C=C(\N)c2ccc(O)c(O)c2)n1. The number of nitrogens with zero attached hydrogens (tertiary/aromatic N) is 2. The number of carbonyl (C=O) groups excluding carboxylic acids is 1. The molecule has 0 amide bonds. The Kier molecular flexibility index (Phi) is 7.18. The fourth-order valence-electron chi connectivity index (χ4n) is 2.40. The van der Waals surface area contributed by atoms with Crippen molar-refractivity contribution < 1.29 is 19.7 Å². The summed E-state index contributed by atoms with van der Waals surface area (Å²) < 4.78 is 6.78. The van der Waals surface area contributed by atoms with Crippen LogP contribution in [0.15, 0.2) is 29.7 Å². The molecule has 1 unspecified atom stereocenters. The van der Waals surface area contributed by atoms with Gasteiger partial charge in [0.2, 0.25) is 0 Å². The van der Waals surface area contributed by atoms with Crippen LogP contribution in [0.2, 0.25) is 0 Å². The van der Waals surface area contributed by atoms with E-state index in [2.05, 4.69) is 12.0 Å². The summed E-state index contributed by atoms with van der Waals surface area (Å²) in [4.78, 5) is 11.8. The van der Waals surface area contributed by atoms with Crippen LogP contribution in [-0.2, 0) is 11.3 Å². The van der Waals surface area contributed by atoms with Crippen molar-refractivity contribution in [3.8, 4) is 11.5 Å². The fourth-order valence-corrected chi connectivity index (χ4v) is 3.30. The quantitative estimate of drug-likeness (QED) is 0.468. The predicted molar refractivity (Wildman–Crippen MR) is 107 cm³/mol. The third-order valence-corrected chi connectivity index (χ3v) is 5.25. The van der Waals surface area contributed by atoms with Gasteiger partial charge in [0.05, 0.1) is 13.2 Å². The second kappa shape index (κ2) is 9.36. The smallest absolute Gasteiger partial charge is 0.358 e. The standard InChI is InChI=1S/C19H25N3O4S/c1-4-14(10-22-12(3)8-16(21-22)19(25)26-5-2)27-11-15(20)13-6-7-17(23)18(24)9-13/h6-9,11,14,23-24H,4-5,10,20H2,1-3H3/b15-11-. The lowest BCUT2D eigenvalue weighted by Crippen LogP contribution is -2.15. The van der Waals surface area contributed by atoms with Crippen molar-refractivity contribution in [2.45, 2.75) is 39.0 Å². The molecule has 4 N–H and O–H groups in total. The van der Waals surface area contributed by atoms with Gasteiger partial charge in [0.15, 0.2) is 17.2 Å². The molecule has 1 atom stereocenters. The first kappa shape index (κ1) is 20.7. The molecule has 0 spiro atoms. The molecule has 0 bridgehead atoms. The number of aromatic hydroxyl groups is 2. The van der Waals surface area contributed by atoms with Crippen LogP contribution in [-0.4, -0.2) is 37.8 Å². The summed E-state index contributed by atoms with van der Waals surface area (Å²) in [5, 5.41) is 25.3. The van der Waals surface area contributed by atoms with E-state index < -0.39 is 5.97 Å². The Balaban J connectivity index is 2.07. The minimum absolute atomic E-state index is 0.183. The van der Waals surface area contributed by atoms with E-state index >= 15 is 0 Å². The zero-order valence-corrected chi connectivity index (χ0v) is 16.5. The van der Waals surface area contributed by atoms with Crippen LogP contribution in [0.5, 0.6) is 11.5 Å². The van der Waals surface area contributed by atoms with E-state index in [-0.39, 0.29) is 16.7 Å². The third-order valence-electron chi connectivity index (χ3n) is 3.99. The summed E-state index contributed by atoms with van der Waals surface area (Å²) in [6, 6.07) is 6.19. The Morgan fingerprint density at radius 2 is 2.07 bits per heavy atom. The van der Waals surface area contributed by atoms with Gasteiger partial charge in [-0.1, -0.05) is 6.92 Å². The molecule has 0 aliphatic heterocycles. The number of phenolic OH excluding ortho intramolecular Hbond substituents is 2. The number of benzene rings is 1. The Hall–Kier alpha value is -2.61. The number of carbonyl (C=O) groups is 1. The number of thioether (sulfide) groups is 1.